The molecule has 18 heavy (non-hydrogen) atoms. The Kier molecular flexibility index (Phi) is 4.96. The van der Waals surface area contributed by atoms with Gasteiger partial charge in [-0.25, -0.2) is 4.39 Å². The zero-order valence-corrected chi connectivity index (χ0v) is 10.3. The second kappa shape index (κ2) is 6.71. The molecular formula is C14H19FO3. The Hall–Kier alpha value is -1.13. The number of benzene rings is 1. The molecule has 0 saturated carbocycles. The van der Waals surface area contributed by atoms with Gasteiger partial charge in [0, 0.05) is 6.61 Å². The normalized spacial score (nSPS) is 19.6. The van der Waals surface area contributed by atoms with Crippen LogP contribution in [0, 0.1) is 11.7 Å². The van der Waals surface area contributed by atoms with E-state index in [0.717, 1.165) is 25.9 Å². The lowest BCUT2D eigenvalue weighted by Gasteiger charge is -2.14. The average Bonchev–Trinajstić information content (AvgIpc) is 3.20. The minimum atomic E-state index is -0.264. The molecule has 0 unspecified atom stereocenters. The van der Waals surface area contributed by atoms with Crippen LogP contribution >= 0.6 is 0 Å². The van der Waals surface area contributed by atoms with Gasteiger partial charge < -0.3 is 14.6 Å². The second-order valence-electron chi connectivity index (χ2n) is 4.67. The lowest BCUT2D eigenvalue weighted by molar-refractivity contribution is 0.179. The number of hydrogen-bond acceptors (Lipinski definition) is 3. The van der Waals surface area contributed by atoms with E-state index in [4.69, 9.17) is 9.47 Å². The smallest absolute Gasteiger partial charge is 0.123 e. The maximum Gasteiger partial charge on any atom is 0.123 e. The van der Waals surface area contributed by atoms with Crippen molar-refractivity contribution in [2.45, 2.75) is 25.4 Å². The fourth-order valence-electron chi connectivity index (χ4n) is 1.86. The Balaban J connectivity index is 1.64. The summed E-state index contributed by atoms with van der Waals surface area (Å²) in [4.78, 5) is 0. The summed E-state index contributed by atoms with van der Waals surface area (Å²) in [5.74, 6) is 0.660. The molecule has 0 aliphatic carbocycles. The molecule has 1 aliphatic heterocycles. The summed E-state index contributed by atoms with van der Waals surface area (Å²) in [6.45, 7) is 1.59. The van der Waals surface area contributed by atoms with Crippen LogP contribution in [0.5, 0.6) is 5.75 Å². The van der Waals surface area contributed by atoms with Crippen LogP contribution in [0.3, 0.4) is 0 Å². The average molecular weight is 254 g/mol. The number of halogens is 1. The van der Waals surface area contributed by atoms with E-state index in [1.54, 1.807) is 12.1 Å². The van der Waals surface area contributed by atoms with Crippen molar-refractivity contribution in [1.29, 1.82) is 0 Å². The van der Waals surface area contributed by atoms with Gasteiger partial charge in [-0.05, 0) is 49.4 Å². The highest BCUT2D eigenvalue weighted by molar-refractivity contribution is 5.21. The van der Waals surface area contributed by atoms with E-state index >= 15 is 0 Å². The van der Waals surface area contributed by atoms with Gasteiger partial charge in [-0.3, -0.25) is 0 Å². The lowest BCUT2D eigenvalue weighted by Crippen LogP contribution is -2.12. The minimum absolute atomic E-state index is 0.180. The molecule has 1 fully saturated rings. The molecule has 0 bridgehead atoms. The monoisotopic (exact) mass is 254 g/mol. The number of aliphatic hydroxyl groups is 1. The maximum absolute atomic E-state index is 12.7. The van der Waals surface area contributed by atoms with Gasteiger partial charge >= 0.3 is 0 Å². The molecule has 1 aromatic carbocycles. The predicted octanol–water partition coefficient (Wildman–Crippen LogP) is 2.38. The Bertz CT molecular complexity index is 349. The Morgan fingerprint density at radius 2 is 2.06 bits per heavy atom. The molecule has 2 rings (SSSR count). The van der Waals surface area contributed by atoms with Gasteiger partial charge in [0.1, 0.15) is 11.6 Å². The molecule has 1 aliphatic rings. The summed E-state index contributed by atoms with van der Waals surface area (Å²) >= 11 is 0. The third kappa shape index (κ3) is 4.63. The third-order valence-electron chi connectivity index (χ3n) is 3.17. The van der Waals surface area contributed by atoms with Crippen molar-refractivity contribution >= 4 is 0 Å². The highest BCUT2D eigenvalue weighted by Gasteiger charge is 2.23. The quantitative estimate of drug-likeness (QED) is 0.724. The summed E-state index contributed by atoms with van der Waals surface area (Å²) in [5, 5.41) is 9.25. The van der Waals surface area contributed by atoms with Crippen molar-refractivity contribution in [2.75, 3.05) is 19.8 Å². The fraction of sp³-hybridized carbons (Fsp3) is 0.571. The van der Waals surface area contributed by atoms with Crippen molar-refractivity contribution < 1.29 is 19.0 Å². The fourth-order valence-corrected chi connectivity index (χ4v) is 1.86. The minimum Gasteiger partial charge on any atom is -0.494 e. The first kappa shape index (κ1) is 13.3. The van der Waals surface area contributed by atoms with Crippen LogP contribution in [0.1, 0.15) is 19.3 Å². The standard InChI is InChI=1S/C14H19FO3/c15-12-2-5-13(6-3-12)17-8-7-11(9-16)1-4-14-10-18-14/h2-3,5-6,11,14,16H,1,4,7-10H2/t11-,14+/m1/s1. The van der Waals surface area contributed by atoms with E-state index in [1.807, 2.05) is 0 Å². The van der Waals surface area contributed by atoms with E-state index in [1.165, 1.54) is 12.1 Å². The van der Waals surface area contributed by atoms with E-state index in [9.17, 15) is 9.50 Å². The zero-order valence-electron chi connectivity index (χ0n) is 10.3. The van der Waals surface area contributed by atoms with Gasteiger partial charge in [0.15, 0.2) is 0 Å². The first-order valence-corrected chi connectivity index (χ1v) is 6.38. The van der Waals surface area contributed by atoms with E-state index in [-0.39, 0.29) is 18.3 Å². The Morgan fingerprint density at radius 1 is 1.33 bits per heavy atom. The van der Waals surface area contributed by atoms with Crippen LogP contribution in [0.2, 0.25) is 0 Å². The summed E-state index contributed by atoms with van der Waals surface area (Å²) < 4.78 is 23.3. The van der Waals surface area contributed by atoms with Crippen LogP contribution in [0.4, 0.5) is 4.39 Å². The predicted molar refractivity (Wildman–Crippen MR) is 66.1 cm³/mol. The number of rotatable bonds is 8. The molecule has 0 aromatic heterocycles. The summed E-state index contributed by atoms with van der Waals surface area (Å²) in [6, 6.07) is 5.98. The van der Waals surface area contributed by atoms with Gasteiger partial charge in [-0.15, -0.1) is 0 Å². The van der Waals surface area contributed by atoms with Crippen molar-refractivity contribution in [2.24, 2.45) is 5.92 Å². The number of ether oxygens (including phenoxy) is 2. The van der Waals surface area contributed by atoms with Crippen molar-refractivity contribution in [3.05, 3.63) is 30.1 Å². The van der Waals surface area contributed by atoms with Crippen LogP contribution in [0.15, 0.2) is 24.3 Å². The zero-order chi connectivity index (χ0) is 12.8. The van der Waals surface area contributed by atoms with E-state index in [0.29, 0.717) is 18.5 Å². The molecule has 1 saturated heterocycles. The largest absolute Gasteiger partial charge is 0.494 e. The molecule has 0 amide bonds. The van der Waals surface area contributed by atoms with E-state index in [2.05, 4.69) is 0 Å². The molecule has 2 atom stereocenters. The lowest BCUT2D eigenvalue weighted by atomic mass is 10.00. The molecule has 1 aromatic rings. The van der Waals surface area contributed by atoms with Crippen LogP contribution in [-0.2, 0) is 4.74 Å². The highest BCUT2D eigenvalue weighted by atomic mass is 19.1. The molecule has 1 N–H and O–H groups in total. The summed E-state index contributed by atoms with van der Waals surface area (Å²) in [7, 11) is 0. The van der Waals surface area contributed by atoms with Gasteiger partial charge in [-0.2, -0.15) is 0 Å². The Labute approximate surface area is 107 Å². The number of aliphatic hydroxyl groups excluding tert-OH is 1. The molecule has 100 valence electrons. The highest BCUT2D eigenvalue weighted by Crippen LogP contribution is 2.21. The van der Waals surface area contributed by atoms with E-state index < -0.39 is 0 Å². The van der Waals surface area contributed by atoms with Crippen molar-refractivity contribution in [3.8, 4) is 5.75 Å². The van der Waals surface area contributed by atoms with Crippen LogP contribution < -0.4 is 4.74 Å². The molecule has 0 radical (unpaired) electrons. The molecule has 3 nitrogen and oxygen atoms in total. The first-order chi connectivity index (χ1) is 8.78. The van der Waals surface area contributed by atoms with Gasteiger partial charge in [0.25, 0.3) is 0 Å². The molecule has 4 heteroatoms. The third-order valence-corrected chi connectivity index (χ3v) is 3.17. The Morgan fingerprint density at radius 3 is 2.67 bits per heavy atom. The summed E-state index contributed by atoms with van der Waals surface area (Å²) in [5.41, 5.74) is 0. The number of hydrogen-bond donors (Lipinski definition) is 1. The van der Waals surface area contributed by atoms with Crippen LogP contribution in [0.25, 0.3) is 0 Å². The van der Waals surface area contributed by atoms with Crippen molar-refractivity contribution in [3.63, 3.8) is 0 Å². The molecule has 0 spiro atoms. The van der Waals surface area contributed by atoms with Gasteiger partial charge in [-0.1, -0.05) is 0 Å². The summed E-state index contributed by atoms with van der Waals surface area (Å²) in [6.07, 6.45) is 3.20. The topological polar surface area (TPSA) is 42.0 Å². The van der Waals surface area contributed by atoms with Crippen molar-refractivity contribution in [1.82, 2.24) is 0 Å². The first-order valence-electron chi connectivity index (χ1n) is 6.38. The number of epoxide rings is 1. The van der Waals surface area contributed by atoms with Crippen LogP contribution in [-0.4, -0.2) is 31.0 Å². The molecular weight excluding hydrogens is 235 g/mol. The molecule has 1 heterocycles. The maximum atomic E-state index is 12.7. The van der Waals surface area contributed by atoms with Gasteiger partial charge in [0.2, 0.25) is 0 Å². The van der Waals surface area contributed by atoms with Gasteiger partial charge in [0.05, 0.1) is 19.3 Å². The second-order valence-corrected chi connectivity index (χ2v) is 4.67. The SMILES string of the molecule is OC[C@@H](CCOc1ccc(F)cc1)CC[C@H]1CO1.